The highest BCUT2D eigenvalue weighted by Crippen LogP contribution is 2.39. The Labute approximate surface area is 183 Å². The Bertz CT molecular complexity index is 1050. The molecule has 0 saturated heterocycles. The monoisotopic (exact) mass is 438 g/mol. The number of imidazole rings is 1. The van der Waals surface area contributed by atoms with Gasteiger partial charge in [0, 0.05) is 34.1 Å². The van der Waals surface area contributed by atoms with Crippen LogP contribution in [-0.2, 0) is 5.75 Å². The van der Waals surface area contributed by atoms with Crippen LogP contribution in [0, 0.1) is 6.92 Å². The molecule has 3 heterocycles. The van der Waals surface area contributed by atoms with Crippen LogP contribution in [0.2, 0.25) is 0 Å². The van der Waals surface area contributed by atoms with Crippen molar-refractivity contribution in [3.63, 3.8) is 0 Å². The molecule has 0 fully saturated rings. The molecule has 3 aromatic heterocycles. The third-order valence-corrected chi connectivity index (χ3v) is 8.39. The summed E-state index contributed by atoms with van der Waals surface area (Å²) < 4.78 is 0.386. The lowest BCUT2D eigenvalue weighted by Gasteiger charge is -2.15. The average molecular weight is 439 g/mol. The summed E-state index contributed by atoms with van der Waals surface area (Å²) in [5.74, 6) is 0.859. The van der Waals surface area contributed by atoms with Gasteiger partial charge in [0.25, 0.3) is 0 Å². The minimum Gasteiger partial charge on any atom is -0.333 e. The first-order valence-corrected chi connectivity index (χ1v) is 12.2. The highest BCUT2D eigenvalue weighted by atomic mass is 32.2. The molecule has 1 N–H and O–H groups in total. The fraction of sp³-hybridized carbons (Fsp3) is 0.227. The largest absolute Gasteiger partial charge is 0.333 e. The van der Waals surface area contributed by atoms with Gasteiger partial charge in [0.2, 0.25) is 0 Å². The number of thioether (sulfide) groups is 3. The standard InChI is InChI=1S/C22H22N4S3/c1-3-21(29-22-25-17-6-4-5-7-18(17)26-22)28-20-10-13-24-19(15(20)2)14-27-16-8-11-23-12-9-16/h4-13,21H,3,14H2,1-2H3,(H,25,26). The van der Waals surface area contributed by atoms with Gasteiger partial charge in [-0.1, -0.05) is 30.8 Å². The summed E-state index contributed by atoms with van der Waals surface area (Å²) >= 11 is 5.49. The quantitative estimate of drug-likeness (QED) is 0.248. The number of benzene rings is 1. The van der Waals surface area contributed by atoms with Gasteiger partial charge in [0.15, 0.2) is 5.16 Å². The van der Waals surface area contributed by atoms with Crippen LogP contribution in [0.15, 0.2) is 76.0 Å². The number of hydrogen-bond acceptors (Lipinski definition) is 6. The molecule has 1 atom stereocenters. The Morgan fingerprint density at radius 3 is 2.62 bits per heavy atom. The maximum atomic E-state index is 4.72. The number of fused-ring (bicyclic) bond motifs is 1. The van der Waals surface area contributed by atoms with Crippen LogP contribution in [0.4, 0.5) is 0 Å². The Balaban J connectivity index is 1.45. The van der Waals surface area contributed by atoms with Crippen LogP contribution in [-0.4, -0.2) is 24.5 Å². The molecular weight excluding hydrogens is 416 g/mol. The Kier molecular flexibility index (Phi) is 6.79. The van der Waals surface area contributed by atoms with Crippen LogP contribution in [0.5, 0.6) is 0 Å². The van der Waals surface area contributed by atoms with E-state index in [1.54, 1.807) is 23.5 Å². The van der Waals surface area contributed by atoms with Gasteiger partial charge < -0.3 is 4.98 Å². The van der Waals surface area contributed by atoms with Gasteiger partial charge >= 0.3 is 0 Å². The van der Waals surface area contributed by atoms with Crippen molar-refractivity contribution in [1.29, 1.82) is 0 Å². The summed E-state index contributed by atoms with van der Waals surface area (Å²) in [6.45, 7) is 4.40. The molecule has 1 aromatic carbocycles. The van der Waals surface area contributed by atoms with Gasteiger partial charge in [-0.05, 0) is 49.2 Å². The lowest BCUT2D eigenvalue weighted by molar-refractivity contribution is 1.02. The number of nitrogens with zero attached hydrogens (tertiary/aromatic N) is 3. The molecule has 7 heteroatoms. The van der Waals surface area contributed by atoms with E-state index in [1.807, 2.05) is 60.7 Å². The number of nitrogens with one attached hydrogen (secondary N) is 1. The zero-order valence-corrected chi connectivity index (χ0v) is 18.8. The SMILES string of the molecule is CCC(Sc1nc2ccccc2[nH]1)Sc1ccnc(CSc2ccncc2)c1C. The van der Waals surface area contributed by atoms with E-state index in [0.29, 0.717) is 4.58 Å². The molecule has 29 heavy (non-hydrogen) atoms. The van der Waals surface area contributed by atoms with Crippen molar-refractivity contribution in [2.24, 2.45) is 0 Å². The second kappa shape index (κ2) is 9.69. The maximum Gasteiger partial charge on any atom is 0.167 e. The first-order valence-electron chi connectivity index (χ1n) is 9.48. The van der Waals surface area contributed by atoms with Crippen molar-refractivity contribution in [1.82, 2.24) is 19.9 Å². The molecular formula is C22H22N4S3. The van der Waals surface area contributed by atoms with Crippen molar-refractivity contribution in [3.8, 4) is 0 Å². The van der Waals surface area contributed by atoms with Crippen LogP contribution >= 0.6 is 35.3 Å². The maximum absolute atomic E-state index is 4.72. The topological polar surface area (TPSA) is 54.5 Å². The van der Waals surface area contributed by atoms with Crippen molar-refractivity contribution in [2.75, 3.05) is 0 Å². The van der Waals surface area contributed by atoms with E-state index in [9.17, 15) is 0 Å². The Hall–Kier alpha value is -1.96. The van der Waals surface area contributed by atoms with Gasteiger partial charge in [0.05, 0.1) is 21.3 Å². The zero-order valence-electron chi connectivity index (χ0n) is 16.3. The van der Waals surface area contributed by atoms with Crippen molar-refractivity contribution < 1.29 is 0 Å². The highest BCUT2D eigenvalue weighted by molar-refractivity contribution is 8.17. The molecule has 0 aliphatic rings. The van der Waals surface area contributed by atoms with E-state index in [0.717, 1.165) is 34.1 Å². The van der Waals surface area contributed by atoms with Gasteiger partial charge in [0.1, 0.15) is 0 Å². The van der Waals surface area contributed by atoms with E-state index >= 15 is 0 Å². The van der Waals surface area contributed by atoms with Gasteiger partial charge in [-0.3, -0.25) is 9.97 Å². The summed E-state index contributed by atoms with van der Waals surface area (Å²) in [6.07, 6.45) is 6.64. The molecule has 4 aromatic rings. The number of rotatable bonds is 8. The first-order chi connectivity index (χ1) is 14.2. The minimum atomic E-state index is 0.386. The van der Waals surface area contributed by atoms with Gasteiger partial charge in [-0.25, -0.2) is 4.98 Å². The fourth-order valence-corrected chi connectivity index (χ4v) is 6.17. The first kappa shape index (κ1) is 20.3. The molecule has 0 bridgehead atoms. The molecule has 0 aliphatic heterocycles. The number of hydrogen-bond donors (Lipinski definition) is 1. The molecule has 0 radical (unpaired) electrons. The lowest BCUT2D eigenvalue weighted by atomic mass is 10.2. The van der Waals surface area contributed by atoms with Crippen molar-refractivity contribution in [2.45, 2.75) is 45.6 Å². The molecule has 148 valence electrons. The number of aromatic amines is 1. The van der Waals surface area contributed by atoms with E-state index in [1.165, 1.54) is 15.4 Å². The summed E-state index contributed by atoms with van der Waals surface area (Å²) in [7, 11) is 0. The number of H-pyrrole nitrogens is 1. The Morgan fingerprint density at radius 1 is 1.00 bits per heavy atom. The summed E-state index contributed by atoms with van der Waals surface area (Å²) in [4.78, 5) is 19.4. The number of pyridine rings is 2. The third kappa shape index (κ3) is 5.15. The normalized spacial score (nSPS) is 12.3. The van der Waals surface area contributed by atoms with Crippen LogP contribution in [0.25, 0.3) is 11.0 Å². The zero-order chi connectivity index (χ0) is 20.1. The molecule has 1 unspecified atom stereocenters. The van der Waals surface area contributed by atoms with Crippen LogP contribution in [0.1, 0.15) is 24.6 Å². The summed E-state index contributed by atoms with van der Waals surface area (Å²) in [5, 5.41) is 0.978. The second-order valence-electron chi connectivity index (χ2n) is 6.48. The summed E-state index contributed by atoms with van der Waals surface area (Å²) in [6, 6.07) is 14.4. The van der Waals surface area contributed by atoms with E-state index in [2.05, 4.69) is 40.9 Å². The number of para-hydroxylation sites is 2. The smallest absolute Gasteiger partial charge is 0.167 e. The molecule has 4 nitrogen and oxygen atoms in total. The van der Waals surface area contributed by atoms with E-state index in [4.69, 9.17) is 4.98 Å². The molecule has 4 rings (SSSR count). The van der Waals surface area contributed by atoms with Crippen molar-refractivity contribution in [3.05, 3.63) is 72.3 Å². The second-order valence-corrected chi connectivity index (χ2v) is 10.3. The fourth-order valence-electron chi connectivity index (χ4n) is 2.86. The molecule has 0 aliphatic carbocycles. The lowest BCUT2D eigenvalue weighted by Crippen LogP contribution is -1.99. The van der Waals surface area contributed by atoms with Crippen LogP contribution in [0.3, 0.4) is 0 Å². The van der Waals surface area contributed by atoms with E-state index < -0.39 is 0 Å². The number of aromatic nitrogens is 4. The average Bonchev–Trinajstić information content (AvgIpc) is 3.17. The molecule has 0 spiro atoms. The summed E-state index contributed by atoms with van der Waals surface area (Å²) in [5.41, 5.74) is 4.51. The van der Waals surface area contributed by atoms with Crippen molar-refractivity contribution >= 4 is 46.3 Å². The Morgan fingerprint density at radius 2 is 1.83 bits per heavy atom. The third-order valence-electron chi connectivity index (χ3n) is 4.49. The van der Waals surface area contributed by atoms with Gasteiger partial charge in [-0.2, -0.15) is 0 Å². The highest BCUT2D eigenvalue weighted by Gasteiger charge is 2.16. The van der Waals surface area contributed by atoms with Gasteiger partial charge in [-0.15, -0.1) is 23.5 Å². The molecule has 0 amide bonds. The minimum absolute atomic E-state index is 0.386. The predicted octanol–water partition coefficient (Wildman–Crippen LogP) is 6.57. The van der Waals surface area contributed by atoms with Crippen LogP contribution < -0.4 is 0 Å². The predicted molar refractivity (Wildman–Crippen MR) is 125 cm³/mol. The molecule has 0 saturated carbocycles. The van der Waals surface area contributed by atoms with E-state index in [-0.39, 0.29) is 0 Å².